The second-order valence-corrected chi connectivity index (χ2v) is 5.26. The lowest BCUT2D eigenvalue weighted by atomic mass is 10.1. The fourth-order valence-corrected chi connectivity index (χ4v) is 1.71. The Morgan fingerprint density at radius 3 is 2.62 bits per heavy atom. The highest BCUT2D eigenvalue weighted by Gasteiger charge is 2.18. The molecule has 0 spiro atoms. The molecule has 0 aliphatic carbocycles. The monoisotopic (exact) mass is 284 g/mol. The van der Waals surface area contributed by atoms with Crippen LogP contribution in [0.5, 0.6) is 0 Å². The first kappa shape index (κ1) is 13.2. The van der Waals surface area contributed by atoms with Crippen molar-refractivity contribution in [1.82, 2.24) is 5.32 Å². The van der Waals surface area contributed by atoms with Crippen LogP contribution in [0, 0.1) is 0 Å². The summed E-state index contributed by atoms with van der Waals surface area (Å²) in [6, 6.07) is 7.70. The maximum absolute atomic E-state index is 11.8. The van der Waals surface area contributed by atoms with Crippen molar-refractivity contribution < 1.29 is 4.79 Å². The maximum atomic E-state index is 11.8. The molecular formula is C12H17BrN2O. The van der Waals surface area contributed by atoms with Gasteiger partial charge in [0, 0.05) is 16.6 Å². The van der Waals surface area contributed by atoms with Gasteiger partial charge in [-0.3, -0.25) is 4.79 Å². The smallest absolute Gasteiger partial charge is 0.224 e. The van der Waals surface area contributed by atoms with Crippen LogP contribution in [-0.4, -0.2) is 18.0 Å². The van der Waals surface area contributed by atoms with Gasteiger partial charge in [0.2, 0.25) is 5.91 Å². The van der Waals surface area contributed by atoms with Gasteiger partial charge in [-0.15, -0.1) is 0 Å². The standard InChI is InChI=1S/C12H17BrN2O/c1-12(2,8-14)15-11(16)7-9-5-3-4-6-10(9)13/h3-6H,7-8,14H2,1-2H3,(H,15,16). The second kappa shape index (κ2) is 5.46. The van der Waals surface area contributed by atoms with Crippen LogP contribution in [0.15, 0.2) is 28.7 Å². The van der Waals surface area contributed by atoms with E-state index in [1.165, 1.54) is 0 Å². The zero-order valence-electron chi connectivity index (χ0n) is 9.59. The highest BCUT2D eigenvalue weighted by molar-refractivity contribution is 9.10. The summed E-state index contributed by atoms with van der Waals surface area (Å²) in [5.41, 5.74) is 6.18. The third-order valence-electron chi connectivity index (χ3n) is 2.30. The molecule has 3 nitrogen and oxygen atoms in total. The molecule has 0 saturated carbocycles. The Balaban J connectivity index is 2.62. The fraction of sp³-hybridized carbons (Fsp3) is 0.417. The van der Waals surface area contributed by atoms with Gasteiger partial charge in [-0.25, -0.2) is 0 Å². The van der Waals surface area contributed by atoms with E-state index in [2.05, 4.69) is 21.2 Å². The van der Waals surface area contributed by atoms with Crippen LogP contribution < -0.4 is 11.1 Å². The van der Waals surface area contributed by atoms with Gasteiger partial charge in [0.1, 0.15) is 0 Å². The summed E-state index contributed by atoms with van der Waals surface area (Å²) >= 11 is 3.42. The average molecular weight is 285 g/mol. The number of rotatable bonds is 4. The number of carbonyl (C=O) groups excluding carboxylic acids is 1. The maximum Gasteiger partial charge on any atom is 0.224 e. The molecule has 1 amide bonds. The minimum absolute atomic E-state index is 0.0117. The first-order chi connectivity index (χ1) is 7.44. The van der Waals surface area contributed by atoms with Crippen LogP contribution in [0.1, 0.15) is 19.4 Å². The second-order valence-electron chi connectivity index (χ2n) is 4.40. The van der Waals surface area contributed by atoms with E-state index in [-0.39, 0.29) is 11.4 Å². The number of hydrogen-bond donors (Lipinski definition) is 2. The number of amides is 1. The van der Waals surface area contributed by atoms with Gasteiger partial charge in [0.25, 0.3) is 0 Å². The molecular weight excluding hydrogens is 268 g/mol. The van der Waals surface area contributed by atoms with Crippen LogP contribution in [0.2, 0.25) is 0 Å². The van der Waals surface area contributed by atoms with Crippen molar-refractivity contribution in [2.45, 2.75) is 25.8 Å². The summed E-state index contributed by atoms with van der Waals surface area (Å²) in [7, 11) is 0. The summed E-state index contributed by atoms with van der Waals surface area (Å²) in [6.45, 7) is 4.24. The molecule has 1 aromatic rings. The Kier molecular flexibility index (Phi) is 4.50. The molecule has 0 aromatic heterocycles. The summed E-state index contributed by atoms with van der Waals surface area (Å²) in [6.07, 6.45) is 0.366. The number of carbonyl (C=O) groups is 1. The molecule has 0 saturated heterocycles. The van der Waals surface area contributed by atoms with Crippen molar-refractivity contribution in [3.8, 4) is 0 Å². The van der Waals surface area contributed by atoms with Crippen molar-refractivity contribution in [3.05, 3.63) is 34.3 Å². The zero-order chi connectivity index (χ0) is 12.2. The molecule has 3 N–H and O–H groups in total. The molecule has 88 valence electrons. The van der Waals surface area contributed by atoms with Gasteiger partial charge in [-0.05, 0) is 25.5 Å². The van der Waals surface area contributed by atoms with Crippen molar-refractivity contribution in [2.24, 2.45) is 5.73 Å². The molecule has 0 unspecified atom stereocenters. The first-order valence-electron chi connectivity index (χ1n) is 5.19. The first-order valence-corrected chi connectivity index (χ1v) is 5.98. The summed E-state index contributed by atoms with van der Waals surface area (Å²) in [5, 5.41) is 2.90. The normalized spacial score (nSPS) is 11.2. The van der Waals surface area contributed by atoms with E-state index in [0.717, 1.165) is 10.0 Å². The third-order valence-corrected chi connectivity index (χ3v) is 3.07. The number of nitrogens with one attached hydrogen (secondary N) is 1. The average Bonchev–Trinajstić information content (AvgIpc) is 2.21. The largest absolute Gasteiger partial charge is 0.350 e. The van der Waals surface area contributed by atoms with Crippen LogP contribution >= 0.6 is 15.9 Å². The van der Waals surface area contributed by atoms with Crippen LogP contribution in [0.3, 0.4) is 0 Å². The van der Waals surface area contributed by atoms with Gasteiger partial charge in [0.05, 0.1) is 6.42 Å². The van der Waals surface area contributed by atoms with Crippen LogP contribution in [-0.2, 0) is 11.2 Å². The molecule has 0 radical (unpaired) electrons. The Labute approximate surface area is 105 Å². The quantitative estimate of drug-likeness (QED) is 0.887. The molecule has 0 bridgehead atoms. The van der Waals surface area contributed by atoms with E-state index in [9.17, 15) is 4.79 Å². The highest BCUT2D eigenvalue weighted by atomic mass is 79.9. The number of hydrogen-bond acceptors (Lipinski definition) is 2. The van der Waals surface area contributed by atoms with Gasteiger partial charge < -0.3 is 11.1 Å². The molecule has 1 aromatic carbocycles. The van der Waals surface area contributed by atoms with E-state index >= 15 is 0 Å². The van der Waals surface area contributed by atoms with Crippen LogP contribution in [0.25, 0.3) is 0 Å². The summed E-state index contributed by atoms with van der Waals surface area (Å²) in [4.78, 5) is 11.8. The zero-order valence-corrected chi connectivity index (χ0v) is 11.2. The molecule has 0 heterocycles. The predicted octanol–water partition coefficient (Wildman–Crippen LogP) is 1.85. The Hall–Kier alpha value is -0.870. The van der Waals surface area contributed by atoms with Crippen LogP contribution in [0.4, 0.5) is 0 Å². The SMILES string of the molecule is CC(C)(CN)NC(=O)Cc1ccccc1Br. The number of nitrogens with two attached hydrogens (primary N) is 1. The minimum atomic E-state index is -0.349. The molecule has 16 heavy (non-hydrogen) atoms. The van der Waals surface area contributed by atoms with Gasteiger partial charge in [-0.2, -0.15) is 0 Å². The van der Waals surface area contributed by atoms with Crippen molar-refractivity contribution in [2.75, 3.05) is 6.54 Å². The Bertz CT molecular complexity index is 377. The predicted molar refractivity (Wildman–Crippen MR) is 69.1 cm³/mol. The lowest BCUT2D eigenvalue weighted by Crippen LogP contribution is -2.49. The molecule has 0 aliphatic heterocycles. The summed E-state index contributed by atoms with van der Waals surface area (Å²) in [5.74, 6) is -0.0117. The van der Waals surface area contributed by atoms with E-state index in [1.54, 1.807) is 0 Å². The summed E-state index contributed by atoms with van der Waals surface area (Å²) < 4.78 is 0.954. The van der Waals surface area contributed by atoms with E-state index in [4.69, 9.17) is 5.73 Å². The number of benzene rings is 1. The van der Waals surface area contributed by atoms with Gasteiger partial charge in [-0.1, -0.05) is 34.1 Å². The number of halogens is 1. The van der Waals surface area contributed by atoms with Crippen molar-refractivity contribution >= 4 is 21.8 Å². The Morgan fingerprint density at radius 2 is 2.06 bits per heavy atom. The lowest BCUT2D eigenvalue weighted by molar-refractivity contribution is -0.121. The Morgan fingerprint density at radius 1 is 1.44 bits per heavy atom. The van der Waals surface area contributed by atoms with Gasteiger partial charge in [0.15, 0.2) is 0 Å². The lowest BCUT2D eigenvalue weighted by Gasteiger charge is -2.24. The molecule has 0 atom stereocenters. The topological polar surface area (TPSA) is 55.1 Å². The molecule has 1 rings (SSSR count). The van der Waals surface area contributed by atoms with Gasteiger partial charge >= 0.3 is 0 Å². The van der Waals surface area contributed by atoms with Crippen molar-refractivity contribution in [1.29, 1.82) is 0 Å². The van der Waals surface area contributed by atoms with E-state index in [1.807, 2.05) is 38.1 Å². The molecule has 4 heteroatoms. The fourth-order valence-electron chi connectivity index (χ4n) is 1.29. The van der Waals surface area contributed by atoms with Crippen molar-refractivity contribution in [3.63, 3.8) is 0 Å². The molecule has 0 aliphatic rings. The van der Waals surface area contributed by atoms with E-state index < -0.39 is 0 Å². The van der Waals surface area contributed by atoms with E-state index in [0.29, 0.717) is 13.0 Å². The third kappa shape index (κ3) is 3.94. The highest BCUT2D eigenvalue weighted by Crippen LogP contribution is 2.16. The minimum Gasteiger partial charge on any atom is -0.350 e. The molecule has 0 fully saturated rings.